The Bertz CT molecular complexity index is 1010. The van der Waals surface area contributed by atoms with Crippen LogP contribution in [0.4, 0.5) is 5.69 Å². The maximum atomic E-state index is 13.0. The molecule has 0 radical (unpaired) electrons. The Balaban J connectivity index is 1.45. The highest BCUT2D eigenvalue weighted by atomic mass is 32.2. The van der Waals surface area contributed by atoms with Crippen LogP contribution in [0.3, 0.4) is 0 Å². The van der Waals surface area contributed by atoms with Crippen molar-refractivity contribution in [3.8, 4) is 0 Å². The molecule has 0 spiro atoms. The molecule has 3 unspecified atom stereocenters. The first kappa shape index (κ1) is 16.1. The highest BCUT2D eigenvalue weighted by molar-refractivity contribution is 7.93. The first-order valence-corrected chi connectivity index (χ1v) is 10.5. The summed E-state index contributed by atoms with van der Waals surface area (Å²) in [6, 6.07) is 10.9. The van der Waals surface area contributed by atoms with E-state index in [1.807, 2.05) is 18.2 Å². The first-order chi connectivity index (χ1) is 12.5. The molecule has 7 heteroatoms. The lowest BCUT2D eigenvalue weighted by Crippen LogP contribution is -2.41. The topological polar surface area (TPSA) is 83.7 Å². The minimum Gasteiger partial charge on any atom is -0.340 e. The average molecular weight is 371 g/mol. The van der Waals surface area contributed by atoms with E-state index in [1.165, 1.54) is 4.31 Å². The van der Waals surface area contributed by atoms with Gasteiger partial charge in [-0.25, -0.2) is 8.42 Å². The average Bonchev–Trinajstić information content (AvgIpc) is 3.26. The van der Waals surface area contributed by atoms with E-state index in [-0.39, 0.29) is 18.5 Å². The minimum absolute atomic E-state index is 0.139. The molecular formula is C19H21N3O3S. The second-order valence-corrected chi connectivity index (χ2v) is 9.44. The summed E-state index contributed by atoms with van der Waals surface area (Å²) < 4.78 is 27.3. The van der Waals surface area contributed by atoms with E-state index in [0.717, 1.165) is 18.2 Å². The van der Waals surface area contributed by atoms with Crippen molar-refractivity contribution in [1.29, 1.82) is 0 Å². The summed E-state index contributed by atoms with van der Waals surface area (Å²) in [4.78, 5) is 15.0. The van der Waals surface area contributed by atoms with Crippen molar-refractivity contribution < 1.29 is 13.2 Å². The van der Waals surface area contributed by atoms with Gasteiger partial charge in [-0.1, -0.05) is 24.3 Å². The van der Waals surface area contributed by atoms with Gasteiger partial charge in [-0.3, -0.25) is 9.10 Å². The quantitative estimate of drug-likeness (QED) is 0.868. The summed E-state index contributed by atoms with van der Waals surface area (Å²) >= 11 is 0. The molecule has 0 aromatic heterocycles. The van der Waals surface area contributed by atoms with Crippen LogP contribution in [0.25, 0.3) is 10.8 Å². The van der Waals surface area contributed by atoms with Gasteiger partial charge in [0.15, 0.2) is 0 Å². The van der Waals surface area contributed by atoms with E-state index in [2.05, 4.69) is 0 Å². The summed E-state index contributed by atoms with van der Waals surface area (Å²) in [6.45, 7) is 1.20. The summed E-state index contributed by atoms with van der Waals surface area (Å²) in [6.07, 6.45) is 2.08. The highest BCUT2D eigenvalue weighted by Gasteiger charge is 2.44. The monoisotopic (exact) mass is 371 g/mol. The van der Waals surface area contributed by atoms with E-state index in [1.54, 1.807) is 23.1 Å². The number of anilines is 1. The van der Waals surface area contributed by atoms with Crippen molar-refractivity contribution in [3.05, 3.63) is 36.4 Å². The molecule has 6 nitrogen and oxygen atoms in total. The zero-order chi connectivity index (χ0) is 18.1. The number of rotatable bonds is 2. The fraction of sp³-hybridized carbons (Fsp3) is 0.421. The van der Waals surface area contributed by atoms with E-state index in [9.17, 15) is 13.2 Å². The Morgan fingerprint density at radius 3 is 2.65 bits per heavy atom. The number of amides is 1. The van der Waals surface area contributed by atoms with Gasteiger partial charge in [0, 0.05) is 24.5 Å². The molecule has 2 aromatic carbocycles. The number of hydrogen-bond acceptors (Lipinski definition) is 4. The third-order valence-electron chi connectivity index (χ3n) is 6.23. The Morgan fingerprint density at radius 2 is 1.88 bits per heavy atom. The molecule has 1 amide bonds. The molecule has 2 aromatic rings. The third-order valence-corrected chi connectivity index (χ3v) is 8.03. The van der Waals surface area contributed by atoms with Gasteiger partial charge in [0.1, 0.15) is 6.54 Å². The molecule has 0 bridgehead atoms. The van der Waals surface area contributed by atoms with Crippen LogP contribution in [0.15, 0.2) is 41.3 Å². The maximum Gasteiger partial charge on any atom is 0.265 e. The van der Waals surface area contributed by atoms with Crippen LogP contribution in [-0.2, 0) is 14.8 Å². The van der Waals surface area contributed by atoms with Crippen molar-refractivity contribution >= 4 is 32.4 Å². The van der Waals surface area contributed by atoms with Crippen molar-refractivity contribution in [3.63, 3.8) is 0 Å². The Labute approximate surface area is 152 Å². The number of nitrogens with zero attached hydrogens (tertiary/aromatic N) is 2. The number of nitrogens with two attached hydrogens (primary N) is 1. The van der Waals surface area contributed by atoms with Gasteiger partial charge in [-0.2, -0.15) is 0 Å². The minimum atomic E-state index is -3.69. The second kappa shape index (κ2) is 5.44. The third kappa shape index (κ3) is 2.13. The Hall–Kier alpha value is -2.12. The number of carbonyl (C=O) groups is 1. The molecule has 2 N–H and O–H groups in total. The van der Waals surface area contributed by atoms with Crippen molar-refractivity contribution in [2.24, 2.45) is 17.6 Å². The van der Waals surface area contributed by atoms with Gasteiger partial charge in [0.25, 0.3) is 10.0 Å². The smallest absolute Gasteiger partial charge is 0.265 e. The fourth-order valence-electron chi connectivity index (χ4n) is 4.86. The molecule has 26 heavy (non-hydrogen) atoms. The molecular weight excluding hydrogens is 350 g/mol. The number of carbonyl (C=O) groups excluding carboxylic acids is 1. The molecule has 3 aliphatic rings. The second-order valence-electron chi connectivity index (χ2n) is 7.61. The lowest BCUT2D eigenvalue weighted by atomic mass is 9.98. The molecule has 5 rings (SSSR count). The Morgan fingerprint density at radius 1 is 1.12 bits per heavy atom. The van der Waals surface area contributed by atoms with E-state index >= 15 is 0 Å². The molecule has 136 valence electrons. The normalized spacial score (nSPS) is 28.7. The maximum absolute atomic E-state index is 13.0. The van der Waals surface area contributed by atoms with Crippen LogP contribution in [0.2, 0.25) is 0 Å². The van der Waals surface area contributed by atoms with Gasteiger partial charge in [-0.15, -0.1) is 0 Å². The fourth-order valence-corrected chi connectivity index (χ4v) is 6.52. The number of hydrogen-bond donors (Lipinski definition) is 1. The lowest BCUT2D eigenvalue weighted by Gasteiger charge is -2.23. The Kier molecular flexibility index (Phi) is 3.36. The number of likely N-dealkylation sites (tertiary alicyclic amines) is 1. The first-order valence-electron chi connectivity index (χ1n) is 9.04. The molecule has 2 fully saturated rings. The van der Waals surface area contributed by atoms with Gasteiger partial charge >= 0.3 is 0 Å². The van der Waals surface area contributed by atoms with Crippen LogP contribution < -0.4 is 10.0 Å². The van der Waals surface area contributed by atoms with E-state index in [4.69, 9.17) is 5.73 Å². The van der Waals surface area contributed by atoms with Gasteiger partial charge in [0.05, 0.1) is 10.6 Å². The van der Waals surface area contributed by atoms with E-state index < -0.39 is 10.0 Å². The predicted octanol–water partition coefficient (Wildman–Crippen LogP) is 1.54. The van der Waals surface area contributed by atoms with Gasteiger partial charge in [-0.05, 0) is 42.2 Å². The highest BCUT2D eigenvalue weighted by Crippen LogP contribution is 2.42. The van der Waals surface area contributed by atoms with Crippen LogP contribution in [0, 0.1) is 11.8 Å². The summed E-state index contributed by atoms with van der Waals surface area (Å²) in [5, 5.41) is 1.59. The zero-order valence-electron chi connectivity index (χ0n) is 14.3. The van der Waals surface area contributed by atoms with Crippen LogP contribution in [0.5, 0.6) is 0 Å². The van der Waals surface area contributed by atoms with E-state index in [0.29, 0.717) is 40.9 Å². The molecule has 1 aliphatic carbocycles. The predicted molar refractivity (Wildman–Crippen MR) is 99.2 cm³/mol. The van der Waals surface area contributed by atoms with Gasteiger partial charge < -0.3 is 10.6 Å². The van der Waals surface area contributed by atoms with Crippen molar-refractivity contribution in [2.45, 2.75) is 23.8 Å². The zero-order valence-corrected chi connectivity index (χ0v) is 15.2. The van der Waals surface area contributed by atoms with Crippen LogP contribution >= 0.6 is 0 Å². The molecule has 3 atom stereocenters. The summed E-state index contributed by atoms with van der Waals surface area (Å²) in [7, 11) is -3.69. The SMILES string of the molecule is NC1CCC2CN(C(=O)CN3c4cccc5cccc(c45)S3(=O)=O)CC12. The van der Waals surface area contributed by atoms with Crippen LogP contribution in [0.1, 0.15) is 12.8 Å². The lowest BCUT2D eigenvalue weighted by molar-refractivity contribution is -0.128. The molecule has 1 saturated heterocycles. The van der Waals surface area contributed by atoms with Crippen molar-refractivity contribution in [1.82, 2.24) is 4.90 Å². The standard InChI is InChI=1S/C19H21N3O3S/c20-15-8-7-13-9-21(10-14(13)15)18(23)11-22-16-5-1-3-12-4-2-6-17(19(12)16)26(22,24)25/h1-6,13-15H,7-11,20H2. The molecule has 2 heterocycles. The van der Waals surface area contributed by atoms with Crippen molar-refractivity contribution in [2.75, 3.05) is 23.9 Å². The number of sulfonamides is 1. The number of benzene rings is 2. The number of fused-ring (bicyclic) bond motifs is 1. The largest absolute Gasteiger partial charge is 0.340 e. The van der Waals surface area contributed by atoms with Crippen LogP contribution in [-0.4, -0.2) is 44.9 Å². The summed E-state index contributed by atoms with van der Waals surface area (Å²) in [5.74, 6) is 0.680. The van der Waals surface area contributed by atoms with Gasteiger partial charge in [0.2, 0.25) is 5.91 Å². The molecule has 2 aliphatic heterocycles. The molecule has 1 saturated carbocycles. The summed E-state index contributed by atoms with van der Waals surface area (Å²) in [5.41, 5.74) is 6.75.